The summed E-state index contributed by atoms with van der Waals surface area (Å²) < 4.78 is 5.66. The van der Waals surface area contributed by atoms with Crippen LogP contribution in [0.25, 0.3) is 11.1 Å². The second kappa shape index (κ2) is 11.4. The predicted octanol–water partition coefficient (Wildman–Crippen LogP) is 4.94. The Morgan fingerprint density at radius 1 is 1.06 bits per heavy atom. The topological polar surface area (TPSA) is 95.9 Å². The van der Waals surface area contributed by atoms with Crippen molar-refractivity contribution in [2.75, 3.05) is 13.2 Å². The summed E-state index contributed by atoms with van der Waals surface area (Å²) in [4.78, 5) is 39.2. The van der Waals surface area contributed by atoms with Crippen LogP contribution in [0.5, 0.6) is 0 Å². The molecule has 35 heavy (non-hydrogen) atoms. The maximum atomic E-state index is 13.4. The summed E-state index contributed by atoms with van der Waals surface area (Å²) in [5.41, 5.74) is 4.57. The first kappa shape index (κ1) is 24.8. The molecule has 4 rings (SSSR count). The number of carboxylic acid groups (broad SMARTS) is 1. The number of carbonyl (C=O) groups excluding carboxylic acids is 2. The molecule has 2 amide bonds. The van der Waals surface area contributed by atoms with Crippen LogP contribution in [0.2, 0.25) is 0 Å². The molecule has 1 aliphatic heterocycles. The minimum Gasteiger partial charge on any atom is -0.481 e. The van der Waals surface area contributed by atoms with Crippen molar-refractivity contribution in [2.24, 2.45) is 0 Å². The van der Waals surface area contributed by atoms with Gasteiger partial charge in [-0.1, -0.05) is 68.3 Å². The van der Waals surface area contributed by atoms with E-state index in [9.17, 15) is 19.5 Å². The van der Waals surface area contributed by atoms with Crippen LogP contribution in [0.4, 0.5) is 4.79 Å². The van der Waals surface area contributed by atoms with Gasteiger partial charge in [0.25, 0.3) is 0 Å². The molecule has 0 bridgehead atoms. The second-order valence-corrected chi connectivity index (χ2v) is 9.44. The number of hydrogen-bond acceptors (Lipinski definition) is 4. The molecular formula is C28H34N2O5. The zero-order chi connectivity index (χ0) is 24.8. The first-order chi connectivity index (χ1) is 17.0. The van der Waals surface area contributed by atoms with Gasteiger partial charge in [-0.15, -0.1) is 0 Å². The molecule has 2 atom stereocenters. The fourth-order valence-electron chi connectivity index (χ4n) is 5.35. The van der Waals surface area contributed by atoms with Gasteiger partial charge in [0, 0.05) is 18.5 Å². The van der Waals surface area contributed by atoms with Gasteiger partial charge in [0.05, 0.1) is 6.42 Å². The molecule has 1 heterocycles. The fraction of sp³-hybridized carbons (Fsp3) is 0.464. The van der Waals surface area contributed by atoms with Gasteiger partial charge in [-0.2, -0.15) is 0 Å². The van der Waals surface area contributed by atoms with Gasteiger partial charge in [-0.25, -0.2) is 4.79 Å². The highest BCUT2D eigenvalue weighted by Gasteiger charge is 2.34. The molecule has 2 aliphatic rings. The van der Waals surface area contributed by atoms with E-state index in [1.165, 1.54) is 0 Å². The maximum absolute atomic E-state index is 13.4. The van der Waals surface area contributed by atoms with Gasteiger partial charge in [0.1, 0.15) is 12.6 Å². The van der Waals surface area contributed by atoms with E-state index in [-0.39, 0.29) is 30.9 Å². The number of aliphatic carboxylic acids is 1. The quantitative estimate of drug-likeness (QED) is 0.532. The molecule has 1 fully saturated rings. The van der Waals surface area contributed by atoms with Crippen molar-refractivity contribution in [3.05, 3.63) is 59.7 Å². The zero-order valence-corrected chi connectivity index (χ0v) is 20.2. The number of carbonyl (C=O) groups is 3. The minimum atomic E-state index is -0.913. The number of fused-ring (bicyclic) bond motifs is 3. The molecule has 0 saturated carbocycles. The summed E-state index contributed by atoms with van der Waals surface area (Å²) in [6.45, 7) is 2.73. The number of nitrogens with zero attached hydrogens (tertiary/aromatic N) is 1. The average Bonchev–Trinajstić information content (AvgIpc) is 3.18. The van der Waals surface area contributed by atoms with Crippen LogP contribution in [0.3, 0.4) is 0 Å². The van der Waals surface area contributed by atoms with Crippen LogP contribution in [0.1, 0.15) is 68.9 Å². The number of ether oxygens (including phenoxy) is 1. The Morgan fingerprint density at radius 2 is 1.71 bits per heavy atom. The Balaban J connectivity index is 1.43. The summed E-state index contributed by atoms with van der Waals surface area (Å²) in [6, 6.07) is 15.2. The molecule has 0 radical (unpaired) electrons. The van der Waals surface area contributed by atoms with E-state index in [1.807, 2.05) is 31.2 Å². The summed E-state index contributed by atoms with van der Waals surface area (Å²) in [5.74, 6) is -1.18. The number of hydrogen-bond donors (Lipinski definition) is 2. The van der Waals surface area contributed by atoms with Crippen LogP contribution in [0, 0.1) is 0 Å². The standard InChI is InChI=1S/C28H34N2O5/c1-2-3-15-25(27(33)30-16-9-8-10-19(30)17-26(31)32)29-28(34)35-18-24-22-13-6-4-11-20(22)21-12-5-7-14-23(21)24/h4-7,11-14,19,24-25H,2-3,8-10,15-18H2,1H3,(H,29,34)(H,31,32)/t19-,25-/m0/s1. The van der Waals surface area contributed by atoms with E-state index >= 15 is 0 Å². The molecule has 7 heteroatoms. The number of amides is 2. The smallest absolute Gasteiger partial charge is 0.407 e. The number of alkyl carbamates (subject to hydrolysis) is 1. The van der Waals surface area contributed by atoms with Crippen molar-refractivity contribution in [3.8, 4) is 11.1 Å². The van der Waals surface area contributed by atoms with Crippen LogP contribution in [0.15, 0.2) is 48.5 Å². The SMILES string of the molecule is CCCC[C@H](NC(=O)OCC1c2ccccc2-c2ccccc21)C(=O)N1CCCC[C@H]1CC(=O)O. The van der Waals surface area contributed by atoms with Crippen molar-refractivity contribution >= 4 is 18.0 Å². The number of likely N-dealkylation sites (tertiary alicyclic amines) is 1. The number of benzene rings is 2. The van der Waals surface area contributed by atoms with Crippen LogP contribution in [-0.4, -0.2) is 53.2 Å². The molecule has 186 valence electrons. The number of piperidine rings is 1. The molecule has 1 aliphatic carbocycles. The molecule has 0 aromatic heterocycles. The van der Waals surface area contributed by atoms with Gasteiger partial charge >= 0.3 is 12.1 Å². The zero-order valence-electron chi connectivity index (χ0n) is 20.2. The number of carboxylic acids is 1. The van der Waals surface area contributed by atoms with E-state index < -0.39 is 18.1 Å². The average molecular weight is 479 g/mol. The largest absolute Gasteiger partial charge is 0.481 e. The molecule has 2 aromatic carbocycles. The third-order valence-corrected chi connectivity index (χ3v) is 7.10. The Morgan fingerprint density at radius 3 is 2.34 bits per heavy atom. The van der Waals surface area contributed by atoms with Crippen molar-refractivity contribution in [1.29, 1.82) is 0 Å². The highest BCUT2D eigenvalue weighted by Crippen LogP contribution is 2.44. The van der Waals surface area contributed by atoms with Gasteiger partial charge in [-0.05, 0) is 47.9 Å². The van der Waals surface area contributed by atoms with Crippen LogP contribution in [-0.2, 0) is 14.3 Å². The highest BCUT2D eigenvalue weighted by atomic mass is 16.5. The Kier molecular flexibility index (Phi) is 8.06. The fourth-order valence-corrected chi connectivity index (χ4v) is 5.35. The highest BCUT2D eigenvalue weighted by molar-refractivity contribution is 5.86. The van der Waals surface area contributed by atoms with E-state index in [4.69, 9.17) is 4.74 Å². The van der Waals surface area contributed by atoms with Crippen molar-refractivity contribution in [1.82, 2.24) is 10.2 Å². The Labute approximate surface area is 206 Å². The molecule has 0 unspecified atom stereocenters. The number of unbranched alkanes of at least 4 members (excludes halogenated alkanes) is 1. The van der Waals surface area contributed by atoms with Gasteiger partial charge in [0.2, 0.25) is 5.91 Å². The van der Waals surface area contributed by atoms with E-state index in [0.29, 0.717) is 19.4 Å². The number of nitrogens with one attached hydrogen (secondary N) is 1. The molecule has 2 aromatic rings. The molecule has 2 N–H and O–H groups in total. The monoisotopic (exact) mass is 478 g/mol. The van der Waals surface area contributed by atoms with Crippen molar-refractivity contribution < 1.29 is 24.2 Å². The van der Waals surface area contributed by atoms with Gasteiger partial charge in [-0.3, -0.25) is 9.59 Å². The summed E-state index contributed by atoms with van der Waals surface area (Å²) in [5, 5.41) is 12.1. The summed E-state index contributed by atoms with van der Waals surface area (Å²) >= 11 is 0. The Hall–Kier alpha value is -3.35. The lowest BCUT2D eigenvalue weighted by Crippen LogP contribution is -2.54. The maximum Gasteiger partial charge on any atom is 0.407 e. The molecule has 7 nitrogen and oxygen atoms in total. The van der Waals surface area contributed by atoms with Gasteiger partial charge < -0.3 is 20.1 Å². The first-order valence-corrected chi connectivity index (χ1v) is 12.6. The third kappa shape index (κ3) is 5.66. The van der Waals surface area contributed by atoms with Crippen LogP contribution < -0.4 is 5.32 Å². The van der Waals surface area contributed by atoms with Crippen molar-refractivity contribution in [2.45, 2.75) is 69.9 Å². The normalized spacial score (nSPS) is 17.9. The summed E-state index contributed by atoms with van der Waals surface area (Å²) in [6.07, 6.45) is 3.88. The van der Waals surface area contributed by atoms with Crippen molar-refractivity contribution in [3.63, 3.8) is 0 Å². The van der Waals surface area contributed by atoms with Crippen LogP contribution >= 0.6 is 0 Å². The van der Waals surface area contributed by atoms with Gasteiger partial charge in [0.15, 0.2) is 0 Å². The van der Waals surface area contributed by atoms with E-state index in [1.54, 1.807) is 4.90 Å². The first-order valence-electron chi connectivity index (χ1n) is 12.6. The molecular weight excluding hydrogens is 444 g/mol. The lowest BCUT2D eigenvalue weighted by molar-refractivity contribution is -0.143. The molecule has 0 spiro atoms. The third-order valence-electron chi connectivity index (χ3n) is 7.10. The lowest BCUT2D eigenvalue weighted by Gasteiger charge is -2.37. The second-order valence-electron chi connectivity index (χ2n) is 9.44. The lowest BCUT2D eigenvalue weighted by atomic mass is 9.97. The summed E-state index contributed by atoms with van der Waals surface area (Å²) in [7, 11) is 0. The van der Waals surface area contributed by atoms with E-state index in [0.717, 1.165) is 47.9 Å². The number of rotatable bonds is 9. The predicted molar refractivity (Wildman–Crippen MR) is 133 cm³/mol. The Bertz CT molecular complexity index is 1020. The van der Waals surface area contributed by atoms with E-state index in [2.05, 4.69) is 29.6 Å². The molecule has 1 saturated heterocycles. The minimum absolute atomic E-state index is 0.0556.